The number of benzene rings is 1. The molecule has 5 heteroatoms. The van der Waals surface area contributed by atoms with Gasteiger partial charge in [-0.25, -0.2) is 0 Å². The van der Waals surface area contributed by atoms with Crippen LogP contribution in [0.3, 0.4) is 0 Å². The van der Waals surface area contributed by atoms with Gasteiger partial charge in [0.1, 0.15) is 5.75 Å². The average Bonchev–Trinajstić information content (AvgIpc) is 2.46. The highest BCUT2D eigenvalue weighted by molar-refractivity contribution is 9.10. The van der Waals surface area contributed by atoms with E-state index in [0.717, 1.165) is 36.4 Å². The summed E-state index contributed by atoms with van der Waals surface area (Å²) in [5.74, 6) is 0.859. The first-order valence-electron chi connectivity index (χ1n) is 6.56. The smallest absolute Gasteiger partial charge is 0.133 e. The van der Waals surface area contributed by atoms with Crippen molar-refractivity contribution in [2.45, 2.75) is 18.5 Å². The lowest BCUT2D eigenvalue weighted by molar-refractivity contribution is 0.0708. The average molecular weight is 329 g/mol. The van der Waals surface area contributed by atoms with Crippen LogP contribution in [0.15, 0.2) is 22.7 Å². The lowest BCUT2D eigenvalue weighted by atomic mass is 9.99. The van der Waals surface area contributed by atoms with Crippen molar-refractivity contribution in [1.82, 2.24) is 10.6 Å². The molecule has 4 nitrogen and oxygen atoms in total. The van der Waals surface area contributed by atoms with Crippen molar-refractivity contribution in [3.05, 3.63) is 28.2 Å². The Kier molecular flexibility index (Phi) is 5.63. The normalized spacial score (nSPS) is 21.1. The Morgan fingerprint density at radius 1 is 1.58 bits per heavy atom. The van der Waals surface area contributed by atoms with Crippen LogP contribution in [0, 0.1) is 0 Å². The second-order valence-corrected chi connectivity index (χ2v) is 5.55. The summed E-state index contributed by atoms with van der Waals surface area (Å²) in [6, 6.07) is 6.93. The number of halogens is 1. The first-order chi connectivity index (χ1) is 9.24. The number of hydrogen-bond donors (Lipinski definition) is 2. The molecule has 1 heterocycles. The molecule has 1 fully saturated rings. The van der Waals surface area contributed by atoms with Crippen molar-refractivity contribution in [1.29, 1.82) is 0 Å². The molecule has 0 aliphatic carbocycles. The molecule has 0 amide bonds. The largest absolute Gasteiger partial charge is 0.496 e. The van der Waals surface area contributed by atoms with Crippen LogP contribution in [-0.2, 0) is 4.74 Å². The van der Waals surface area contributed by atoms with Crippen LogP contribution in [0.25, 0.3) is 0 Å². The molecule has 0 aromatic heterocycles. The van der Waals surface area contributed by atoms with E-state index in [2.05, 4.69) is 38.7 Å². The molecule has 0 bridgehead atoms. The van der Waals surface area contributed by atoms with Gasteiger partial charge in [-0.3, -0.25) is 0 Å². The predicted molar refractivity (Wildman–Crippen MR) is 79.7 cm³/mol. The molecular formula is C14H21BrN2O2. The lowest BCUT2D eigenvalue weighted by Crippen LogP contribution is -2.43. The van der Waals surface area contributed by atoms with Crippen molar-refractivity contribution in [2.75, 3.05) is 33.9 Å². The molecule has 1 saturated heterocycles. The second-order valence-electron chi connectivity index (χ2n) is 4.70. The summed E-state index contributed by atoms with van der Waals surface area (Å²) in [6.07, 6.45) is 1.01. The zero-order chi connectivity index (χ0) is 13.7. The monoisotopic (exact) mass is 328 g/mol. The van der Waals surface area contributed by atoms with Crippen LogP contribution in [0.1, 0.15) is 18.0 Å². The van der Waals surface area contributed by atoms with E-state index in [1.807, 2.05) is 13.1 Å². The van der Waals surface area contributed by atoms with Gasteiger partial charge in [-0.15, -0.1) is 0 Å². The Labute approximate surface area is 123 Å². The quantitative estimate of drug-likeness (QED) is 0.868. The highest BCUT2D eigenvalue weighted by Gasteiger charge is 2.19. The molecule has 2 rings (SSSR count). The van der Waals surface area contributed by atoms with E-state index < -0.39 is 0 Å². The molecule has 0 saturated carbocycles. The molecule has 1 aromatic carbocycles. The van der Waals surface area contributed by atoms with Gasteiger partial charge in [-0.2, -0.15) is 0 Å². The van der Waals surface area contributed by atoms with Crippen LogP contribution in [0.4, 0.5) is 0 Å². The van der Waals surface area contributed by atoms with Crippen molar-refractivity contribution < 1.29 is 9.47 Å². The fraction of sp³-hybridized carbons (Fsp3) is 0.571. The van der Waals surface area contributed by atoms with Gasteiger partial charge in [0, 0.05) is 18.6 Å². The van der Waals surface area contributed by atoms with Crippen molar-refractivity contribution in [3.63, 3.8) is 0 Å². The summed E-state index contributed by atoms with van der Waals surface area (Å²) in [5.41, 5.74) is 1.25. The minimum Gasteiger partial charge on any atom is -0.496 e. The maximum atomic E-state index is 5.50. The Bertz CT molecular complexity index is 408. The van der Waals surface area contributed by atoms with Gasteiger partial charge in [0.2, 0.25) is 0 Å². The van der Waals surface area contributed by atoms with E-state index in [4.69, 9.17) is 9.47 Å². The Morgan fingerprint density at radius 2 is 2.42 bits per heavy atom. The third-order valence-electron chi connectivity index (χ3n) is 3.45. The molecule has 1 aromatic rings. The highest BCUT2D eigenvalue weighted by atomic mass is 79.9. The Morgan fingerprint density at radius 3 is 3.00 bits per heavy atom. The molecule has 2 unspecified atom stereocenters. The number of nitrogens with one attached hydrogen (secondary N) is 2. The van der Waals surface area contributed by atoms with E-state index in [0.29, 0.717) is 12.1 Å². The summed E-state index contributed by atoms with van der Waals surface area (Å²) in [5, 5.41) is 6.86. The van der Waals surface area contributed by atoms with Crippen molar-refractivity contribution in [2.24, 2.45) is 0 Å². The Balaban J connectivity index is 2.05. The number of methoxy groups -OCH3 is 1. The van der Waals surface area contributed by atoms with Crippen LogP contribution in [0.2, 0.25) is 0 Å². The number of hydrogen-bond acceptors (Lipinski definition) is 4. The van der Waals surface area contributed by atoms with Crippen molar-refractivity contribution >= 4 is 15.9 Å². The van der Waals surface area contributed by atoms with Crippen LogP contribution in [-0.4, -0.2) is 40.0 Å². The molecule has 1 aliphatic rings. The van der Waals surface area contributed by atoms with E-state index in [1.54, 1.807) is 7.11 Å². The van der Waals surface area contributed by atoms with E-state index in [-0.39, 0.29) is 0 Å². The fourth-order valence-corrected chi connectivity index (χ4v) is 2.93. The first-order valence-corrected chi connectivity index (χ1v) is 7.35. The second kappa shape index (κ2) is 7.24. The molecular weight excluding hydrogens is 308 g/mol. The van der Waals surface area contributed by atoms with Gasteiger partial charge in [-0.05, 0) is 47.1 Å². The van der Waals surface area contributed by atoms with Gasteiger partial charge in [0.05, 0.1) is 24.8 Å². The molecule has 1 aliphatic heterocycles. The Hall–Kier alpha value is -0.620. The number of rotatable bonds is 5. The van der Waals surface area contributed by atoms with Gasteiger partial charge in [-0.1, -0.05) is 6.07 Å². The maximum absolute atomic E-state index is 5.50. The third-order valence-corrected chi connectivity index (χ3v) is 4.07. The fourth-order valence-electron chi connectivity index (χ4n) is 2.38. The van der Waals surface area contributed by atoms with Crippen LogP contribution < -0.4 is 15.4 Å². The highest BCUT2D eigenvalue weighted by Crippen LogP contribution is 2.29. The predicted octanol–water partition coefficient (Wildman–Crippen LogP) is 2.10. The van der Waals surface area contributed by atoms with Gasteiger partial charge in [0.25, 0.3) is 0 Å². The molecule has 2 atom stereocenters. The summed E-state index contributed by atoms with van der Waals surface area (Å²) in [7, 11) is 3.67. The van der Waals surface area contributed by atoms with Gasteiger partial charge < -0.3 is 20.1 Å². The third kappa shape index (κ3) is 3.92. The van der Waals surface area contributed by atoms with Crippen LogP contribution >= 0.6 is 15.9 Å². The van der Waals surface area contributed by atoms with E-state index in [9.17, 15) is 0 Å². The number of ether oxygens (including phenoxy) is 2. The SMILES string of the molecule is CNC(CC1COCCN1)c1ccc(OC)c(Br)c1. The zero-order valence-electron chi connectivity index (χ0n) is 11.4. The van der Waals surface area contributed by atoms with Crippen molar-refractivity contribution in [3.8, 4) is 5.75 Å². The summed E-state index contributed by atoms with van der Waals surface area (Å²) in [6.45, 7) is 2.54. The molecule has 19 heavy (non-hydrogen) atoms. The zero-order valence-corrected chi connectivity index (χ0v) is 13.0. The molecule has 0 spiro atoms. The number of morpholine rings is 1. The topological polar surface area (TPSA) is 42.5 Å². The lowest BCUT2D eigenvalue weighted by Gasteiger charge is -2.28. The molecule has 2 N–H and O–H groups in total. The maximum Gasteiger partial charge on any atom is 0.133 e. The first kappa shape index (κ1) is 14.8. The summed E-state index contributed by atoms with van der Waals surface area (Å²) >= 11 is 3.54. The van der Waals surface area contributed by atoms with Gasteiger partial charge >= 0.3 is 0 Å². The van der Waals surface area contributed by atoms with Crippen LogP contribution in [0.5, 0.6) is 5.75 Å². The van der Waals surface area contributed by atoms with E-state index in [1.165, 1.54) is 5.56 Å². The van der Waals surface area contributed by atoms with E-state index >= 15 is 0 Å². The summed E-state index contributed by atoms with van der Waals surface area (Å²) in [4.78, 5) is 0. The minimum atomic E-state index is 0.307. The van der Waals surface area contributed by atoms with Gasteiger partial charge in [0.15, 0.2) is 0 Å². The molecule has 0 radical (unpaired) electrons. The molecule has 106 valence electrons. The summed E-state index contributed by atoms with van der Waals surface area (Å²) < 4.78 is 11.8. The minimum absolute atomic E-state index is 0.307. The standard InChI is InChI=1S/C14H21BrN2O2/c1-16-13(8-11-9-19-6-5-17-11)10-3-4-14(18-2)12(15)7-10/h3-4,7,11,13,16-17H,5-6,8-9H2,1-2H3.